The zero-order valence-electron chi connectivity index (χ0n) is 14.0. The van der Waals surface area contributed by atoms with Crippen LogP contribution >= 0.6 is 0 Å². The summed E-state index contributed by atoms with van der Waals surface area (Å²) in [7, 11) is 1.65. The molecule has 126 valence electrons. The summed E-state index contributed by atoms with van der Waals surface area (Å²) in [5.74, 6) is 0.00820. The van der Waals surface area contributed by atoms with Crippen LogP contribution < -0.4 is 4.74 Å². The standard InChI is InChI=1S/C19H22N2O3/c1-13-12-20-10-9-14(13)18(15-6-3-4-8-17(15)24-2)21-11-5-7-16(21)19(22)23/h3-4,6,8-10,12,16,18H,5,7,11H2,1-2H3,(H,22,23). The van der Waals surface area contributed by atoms with Crippen molar-refractivity contribution in [2.45, 2.75) is 31.8 Å². The summed E-state index contributed by atoms with van der Waals surface area (Å²) < 4.78 is 5.55. The lowest BCUT2D eigenvalue weighted by atomic mass is 9.93. The van der Waals surface area contributed by atoms with E-state index in [1.807, 2.05) is 43.5 Å². The van der Waals surface area contributed by atoms with Gasteiger partial charge in [0.15, 0.2) is 0 Å². The molecule has 5 nitrogen and oxygen atoms in total. The number of aromatic nitrogens is 1. The predicted molar refractivity (Wildman–Crippen MR) is 91.2 cm³/mol. The molecule has 1 fully saturated rings. The molecule has 5 heteroatoms. The van der Waals surface area contributed by atoms with Gasteiger partial charge in [0.05, 0.1) is 13.2 Å². The number of carbonyl (C=O) groups is 1. The quantitative estimate of drug-likeness (QED) is 0.915. The number of pyridine rings is 1. The summed E-state index contributed by atoms with van der Waals surface area (Å²) in [5, 5.41) is 9.64. The number of likely N-dealkylation sites (tertiary alicyclic amines) is 1. The van der Waals surface area contributed by atoms with Crippen LogP contribution in [-0.2, 0) is 4.79 Å². The second-order valence-electron chi connectivity index (χ2n) is 6.11. The van der Waals surface area contributed by atoms with E-state index in [4.69, 9.17) is 4.74 Å². The maximum Gasteiger partial charge on any atom is 0.320 e. The van der Waals surface area contributed by atoms with E-state index in [0.717, 1.165) is 35.4 Å². The maximum absolute atomic E-state index is 11.7. The van der Waals surface area contributed by atoms with Gasteiger partial charge in [0.1, 0.15) is 11.8 Å². The second-order valence-corrected chi connectivity index (χ2v) is 6.11. The van der Waals surface area contributed by atoms with Crippen LogP contribution in [0, 0.1) is 6.92 Å². The van der Waals surface area contributed by atoms with Crippen LogP contribution in [0.4, 0.5) is 0 Å². The normalized spacial score (nSPS) is 19.2. The van der Waals surface area contributed by atoms with Gasteiger partial charge in [-0.3, -0.25) is 14.7 Å². The van der Waals surface area contributed by atoms with Crippen molar-refractivity contribution in [3.8, 4) is 5.75 Å². The number of aliphatic carboxylic acids is 1. The van der Waals surface area contributed by atoms with Crippen molar-refractivity contribution in [2.24, 2.45) is 0 Å². The molecule has 3 rings (SSSR count). The van der Waals surface area contributed by atoms with Crippen LogP contribution in [-0.4, -0.2) is 40.7 Å². The molecular formula is C19H22N2O3. The molecular weight excluding hydrogens is 304 g/mol. The van der Waals surface area contributed by atoms with E-state index in [-0.39, 0.29) is 6.04 Å². The van der Waals surface area contributed by atoms with Crippen molar-refractivity contribution >= 4 is 5.97 Å². The highest BCUT2D eigenvalue weighted by Gasteiger charge is 2.38. The molecule has 0 spiro atoms. The van der Waals surface area contributed by atoms with E-state index in [0.29, 0.717) is 6.42 Å². The smallest absolute Gasteiger partial charge is 0.320 e. The Morgan fingerprint density at radius 2 is 2.12 bits per heavy atom. The number of benzene rings is 1. The van der Waals surface area contributed by atoms with Crippen LogP contribution in [0.1, 0.15) is 35.6 Å². The minimum atomic E-state index is -0.765. The van der Waals surface area contributed by atoms with Crippen molar-refractivity contribution in [1.29, 1.82) is 0 Å². The van der Waals surface area contributed by atoms with E-state index in [2.05, 4.69) is 9.88 Å². The van der Waals surface area contributed by atoms with E-state index in [9.17, 15) is 9.90 Å². The topological polar surface area (TPSA) is 62.7 Å². The molecule has 24 heavy (non-hydrogen) atoms. The number of nitrogens with zero attached hydrogens (tertiary/aromatic N) is 2. The van der Waals surface area contributed by atoms with Gasteiger partial charge in [-0.15, -0.1) is 0 Å². The van der Waals surface area contributed by atoms with Gasteiger partial charge in [0.25, 0.3) is 0 Å². The Balaban J connectivity index is 2.15. The number of carboxylic acid groups (broad SMARTS) is 1. The van der Waals surface area contributed by atoms with Crippen molar-refractivity contribution in [1.82, 2.24) is 9.88 Å². The third kappa shape index (κ3) is 2.99. The molecule has 2 unspecified atom stereocenters. The van der Waals surface area contributed by atoms with E-state index >= 15 is 0 Å². The molecule has 1 aromatic heterocycles. The lowest BCUT2D eigenvalue weighted by molar-refractivity contribution is -0.142. The Morgan fingerprint density at radius 3 is 2.83 bits per heavy atom. The fraction of sp³-hybridized carbons (Fsp3) is 0.368. The van der Waals surface area contributed by atoms with Gasteiger partial charge < -0.3 is 9.84 Å². The lowest BCUT2D eigenvalue weighted by Crippen LogP contribution is -2.39. The highest BCUT2D eigenvalue weighted by atomic mass is 16.5. The summed E-state index contributed by atoms with van der Waals surface area (Å²) in [6.45, 7) is 2.76. The summed E-state index contributed by atoms with van der Waals surface area (Å²) in [5.41, 5.74) is 3.11. The number of rotatable bonds is 5. The molecule has 1 N–H and O–H groups in total. The van der Waals surface area contributed by atoms with E-state index in [1.54, 1.807) is 13.3 Å². The average Bonchev–Trinajstić information content (AvgIpc) is 3.07. The second kappa shape index (κ2) is 7.01. The van der Waals surface area contributed by atoms with Gasteiger partial charge in [-0.05, 0) is 43.0 Å². The largest absolute Gasteiger partial charge is 0.496 e. The summed E-state index contributed by atoms with van der Waals surface area (Å²) in [6, 6.07) is 9.17. The van der Waals surface area contributed by atoms with Gasteiger partial charge in [-0.2, -0.15) is 0 Å². The van der Waals surface area contributed by atoms with Crippen LogP contribution in [0.25, 0.3) is 0 Å². The van der Waals surface area contributed by atoms with Crippen LogP contribution in [0.5, 0.6) is 5.75 Å². The molecule has 1 saturated heterocycles. The Labute approximate surface area is 141 Å². The third-order valence-electron chi connectivity index (χ3n) is 4.70. The molecule has 0 radical (unpaired) electrons. The van der Waals surface area contributed by atoms with Gasteiger partial charge in [-0.1, -0.05) is 18.2 Å². The summed E-state index contributed by atoms with van der Waals surface area (Å²) in [4.78, 5) is 18.0. The molecule has 1 aliphatic heterocycles. The van der Waals surface area contributed by atoms with Crippen LogP contribution in [0.3, 0.4) is 0 Å². The minimum absolute atomic E-state index is 0.159. The zero-order valence-corrected chi connectivity index (χ0v) is 14.0. The van der Waals surface area contributed by atoms with E-state index in [1.165, 1.54) is 0 Å². The number of ether oxygens (including phenoxy) is 1. The van der Waals surface area contributed by atoms with Crippen LogP contribution in [0.2, 0.25) is 0 Å². The van der Waals surface area contributed by atoms with E-state index < -0.39 is 12.0 Å². The van der Waals surface area contributed by atoms with Crippen molar-refractivity contribution in [3.63, 3.8) is 0 Å². The Hall–Kier alpha value is -2.40. The van der Waals surface area contributed by atoms with Crippen molar-refractivity contribution in [2.75, 3.05) is 13.7 Å². The SMILES string of the molecule is COc1ccccc1C(c1ccncc1C)N1CCCC1C(=O)O. The zero-order chi connectivity index (χ0) is 17.1. The van der Waals surface area contributed by atoms with Crippen molar-refractivity contribution in [3.05, 3.63) is 59.4 Å². The molecule has 1 aliphatic rings. The molecule has 2 atom stereocenters. The maximum atomic E-state index is 11.7. The summed E-state index contributed by atoms with van der Waals surface area (Å²) in [6.07, 6.45) is 5.14. The highest BCUT2D eigenvalue weighted by molar-refractivity contribution is 5.74. The number of methoxy groups -OCH3 is 1. The average molecular weight is 326 g/mol. The van der Waals surface area contributed by atoms with Gasteiger partial charge in [0.2, 0.25) is 0 Å². The molecule has 0 aliphatic carbocycles. The Morgan fingerprint density at radius 1 is 1.33 bits per heavy atom. The molecule has 0 bridgehead atoms. The number of carboxylic acids is 1. The van der Waals surface area contributed by atoms with Gasteiger partial charge in [0, 0.05) is 24.5 Å². The van der Waals surface area contributed by atoms with Gasteiger partial charge >= 0.3 is 5.97 Å². The van der Waals surface area contributed by atoms with Crippen LogP contribution in [0.15, 0.2) is 42.7 Å². The number of aryl methyl sites for hydroxylation is 1. The molecule has 2 aromatic rings. The number of hydrogen-bond donors (Lipinski definition) is 1. The molecule has 0 saturated carbocycles. The highest BCUT2D eigenvalue weighted by Crippen LogP contribution is 2.39. The number of para-hydroxylation sites is 1. The van der Waals surface area contributed by atoms with Crippen molar-refractivity contribution < 1.29 is 14.6 Å². The lowest BCUT2D eigenvalue weighted by Gasteiger charge is -2.33. The summed E-state index contributed by atoms with van der Waals surface area (Å²) >= 11 is 0. The molecule has 0 amide bonds. The first-order chi connectivity index (χ1) is 11.6. The minimum Gasteiger partial charge on any atom is -0.496 e. The first-order valence-corrected chi connectivity index (χ1v) is 8.15. The monoisotopic (exact) mass is 326 g/mol. The fourth-order valence-corrected chi connectivity index (χ4v) is 3.57. The predicted octanol–water partition coefficient (Wildman–Crippen LogP) is 3.04. The van der Waals surface area contributed by atoms with Gasteiger partial charge in [-0.25, -0.2) is 0 Å². The molecule has 1 aromatic carbocycles. The number of hydrogen-bond acceptors (Lipinski definition) is 4. The third-order valence-corrected chi connectivity index (χ3v) is 4.70. The first kappa shape index (κ1) is 16.5. The first-order valence-electron chi connectivity index (χ1n) is 8.15. The fourth-order valence-electron chi connectivity index (χ4n) is 3.57. The molecule has 2 heterocycles. The Bertz CT molecular complexity index is 732. The Kier molecular flexibility index (Phi) is 4.81.